The van der Waals surface area contributed by atoms with Crippen molar-refractivity contribution in [3.05, 3.63) is 130 Å². The average molecular weight is 604 g/mol. The van der Waals surface area contributed by atoms with Crippen molar-refractivity contribution < 1.29 is 0 Å². The van der Waals surface area contributed by atoms with Gasteiger partial charge in [-0.05, 0) is 77.2 Å². The molecule has 0 saturated heterocycles. The number of fused-ring (bicyclic) bond motifs is 4. The summed E-state index contributed by atoms with van der Waals surface area (Å²) >= 11 is 7.30. The highest BCUT2D eigenvalue weighted by Crippen LogP contribution is 2.36. The van der Waals surface area contributed by atoms with Gasteiger partial charge in [-0.2, -0.15) is 0 Å². The molecule has 7 rings (SSSR count). The van der Waals surface area contributed by atoms with Gasteiger partial charge in [0.25, 0.3) is 0 Å². The Balaban J connectivity index is 1.33. The molecule has 0 fully saturated rings. The van der Waals surface area contributed by atoms with E-state index >= 15 is 0 Å². The third kappa shape index (κ3) is 3.88. The molecule has 0 unspecified atom stereocenters. The van der Waals surface area contributed by atoms with Crippen LogP contribution in [0.2, 0.25) is 0 Å². The SMILES string of the molecule is Brc1ccc2c(c1)c1cc(Br)ccc1n2-c1ccc(-c2cccc(-c3nccc4ccccc34)c2)cc1. The molecule has 5 aromatic carbocycles. The van der Waals surface area contributed by atoms with Crippen LogP contribution in [0.15, 0.2) is 130 Å². The van der Waals surface area contributed by atoms with Crippen LogP contribution in [-0.4, -0.2) is 9.55 Å². The summed E-state index contributed by atoms with van der Waals surface area (Å²) in [5.41, 5.74) is 8.00. The van der Waals surface area contributed by atoms with Crippen molar-refractivity contribution in [2.75, 3.05) is 0 Å². The second-order valence-corrected chi connectivity index (χ2v) is 11.0. The number of nitrogens with zero attached hydrogens (tertiary/aromatic N) is 2. The number of rotatable bonds is 3. The molecular formula is C33H20Br2N2. The molecule has 0 bridgehead atoms. The first kappa shape index (κ1) is 22.5. The average Bonchev–Trinajstić information content (AvgIpc) is 3.25. The minimum atomic E-state index is 1.01. The zero-order chi connectivity index (χ0) is 24.9. The first-order chi connectivity index (χ1) is 18.2. The van der Waals surface area contributed by atoms with Crippen LogP contribution in [0.4, 0.5) is 0 Å². The van der Waals surface area contributed by atoms with Crippen molar-refractivity contribution in [1.29, 1.82) is 0 Å². The van der Waals surface area contributed by atoms with E-state index < -0.39 is 0 Å². The third-order valence-electron chi connectivity index (χ3n) is 6.96. The Hall–Kier alpha value is -3.73. The molecule has 0 spiro atoms. The summed E-state index contributed by atoms with van der Waals surface area (Å²) in [6, 6.07) is 40.9. The summed E-state index contributed by atoms with van der Waals surface area (Å²) in [5.74, 6) is 0. The summed E-state index contributed by atoms with van der Waals surface area (Å²) in [7, 11) is 0. The maximum absolute atomic E-state index is 4.72. The molecule has 0 atom stereocenters. The topological polar surface area (TPSA) is 17.8 Å². The van der Waals surface area contributed by atoms with Gasteiger partial charge in [-0.25, -0.2) is 0 Å². The highest BCUT2D eigenvalue weighted by molar-refractivity contribution is 9.10. The Morgan fingerprint density at radius 2 is 1.19 bits per heavy atom. The molecule has 0 amide bonds. The predicted molar refractivity (Wildman–Crippen MR) is 162 cm³/mol. The van der Waals surface area contributed by atoms with Gasteiger partial charge >= 0.3 is 0 Å². The van der Waals surface area contributed by atoms with E-state index in [0.717, 1.165) is 25.9 Å². The Kier molecular flexibility index (Phi) is 5.45. The zero-order valence-corrected chi connectivity index (χ0v) is 22.9. The molecule has 0 saturated carbocycles. The van der Waals surface area contributed by atoms with Gasteiger partial charge in [0.2, 0.25) is 0 Å². The Morgan fingerprint density at radius 3 is 1.92 bits per heavy atom. The summed E-state index contributed by atoms with van der Waals surface area (Å²) in [5, 5.41) is 4.82. The molecule has 0 aliphatic carbocycles. The highest BCUT2D eigenvalue weighted by atomic mass is 79.9. The molecular weight excluding hydrogens is 584 g/mol. The number of pyridine rings is 1. The lowest BCUT2D eigenvalue weighted by Gasteiger charge is -2.11. The molecule has 0 N–H and O–H groups in total. The second kappa shape index (κ2) is 8.98. The maximum atomic E-state index is 4.72. The second-order valence-electron chi connectivity index (χ2n) is 9.17. The summed E-state index contributed by atoms with van der Waals surface area (Å²) in [4.78, 5) is 4.72. The monoisotopic (exact) mass is 602 g/mol. The van der Waals surface area contributed by atoms with Crippen molar-refractivity contribution in [3.63, 3.8) is 0 Å². The van der Waals surface area contributed by atoms with Gasteiger partial charge in [-0.1, -0.05) is 86.5 Å². The molecule has 2 aromatic heterocycles. The van der Waals surface area contributed by atoms with Gasteiger partial charge < -0.3 is 4.57 Å². The fourth-order valence-electron chi connectivity index (χ4n) is 5.24. The van der Waals surface area contributed by atoms with Crippen LogP contribution in [0.25, 0.3) is 60.6 Å². The number of aromatic nitrogens is 2. The van der Waals surface area contributed by atoms with Crippen molar-refractivity contribution in [2.45, 2.75) is 0 Å². The van der Waals surface area contributed by atoms with E-state index in [2.05, 4.69) is 152 Å². The normalized spacial score (nSPS) is 11.5. The quantitative estimate of drug-likeness (QED) is 0.196. The fourth-order valence-corrected chi connectivity index (χ4v) is 5.97. The van der Waals surface area contributed by atoms with Crippen molar-refractivity contribution in [3.8, 4) is 28.1 Å². The van der Waals surface area contributed by atoms with Crippen molar-refractivity contribution >= 4 is 64.4 Å². The lowest BCUT2D eigenvalue weighted by Crippen LogP contribution is -1.93. The van der Waals surface area contributed by atoms with Crippen LogP contribution >= 0.6 is 31.9 Å². The minimum absolute atomic E-state index is 1.01. The van der Waals surface area contributed by atoms with Crippen molar-refractivity contribution in [1.82, 2.24) is 9.55 Å². The van der Waals surface area contributed by atoms with Gasteiger partial charge in [-0.15, -0.1) is 0 Å². The molecule has 176 valence electrons. The first-order valence-corrected chi connectivity index (χ1v) is 13.7. The van der Waals surface area contributed by atoms with Gasteiger partial charge in [-0.3, -0.25) is 4.98 Å². The smallest absolute Gasteiger partial charge is 0.0780 e. The van der Waals surface area contributed by atoms with Gasteiger partial charge in [0.15, 0.2) is 0 Å². The van der Waals surface area contributed by atoms with Crippen molar-refractivity contribution in [2.24, 2.45) is 0 Å². The number of hydrogen-bond acceptors (Lipinski definition) is 1. The van der Waals surface area contributed by atoms with E-state index in [1.807, 2.05) is 6.20 Å². The lowest BCUT2D eigenvalue weighted by molar-refractivity contribution is 1.18. The van der Waals surface area contributed by atoms with Gasteiger partial charge in [0.05, 0.1) is 16.7 Å². The molecule has 4 heteroatoms. The maximum Gasteiger partial charge on any atom is 0.0780 e. The van der Waals surface area contributed by atoms with E-state index in [1.165, 1.54) is 43.7 Å². The molecule has 2 nitrogen and oxygen atoms in total. The van der Waals surface area contributed by atoms with E-state index in [4.69, 9.17) is 4.98 Å². The van der Waals surface area contributed by atoms with E-state index in [0.29, 0.717) is 0 Å². The molecule has 0 aliphatic heterocycles. The van der Waals surface area contributed by atoms with E-state index in [1.54, 1.807) is 0 Å². The van der Waals surface area contributed by atoms with Crippen LogP contribution in [-0.2, 0) is 0 Å². The van der Waals surface area contributed by atoms with Crippen LogP contribution in [0.3, 0.4) is 0 Å². The van der Waals surface area contributed by atoms with Gasteiger partial charge in [0.1, 0.15) is 0 Å². The predicted octanol–water partition coefficient (Wildman–Crippen LogP) is 10.2. The molecule has 0 aliphatic rings. The summed E-state index contributed by atoms with van der Waals surface area (Å²) in [6.07, 6.45) is 1.89. The molecule has 2 heterocycles. The Labute approximate surface area is 231 Å². The van der Waals surface area contributed by atoms with Crippen LogP contribution in [0.5, 0.6) is 0 Å². The largest absolute Gasteiger partial charge is 0.309 e. The van der Waals surface area contributed by atoms with Crippen LogP contribution < -0.4 is 0 Å². The highest BCUT2D eigenvalue weighted by Gasteiger charge is 2.13. The lowest BCUT2D eigenvalue weighted by atomic mass is 9.99. The molecule has 7 aromatic rings. The zero-order valence-electron chi connectivity index (χ0n) is 19.7. The Bertz CT molecular complexity index is 1890. The minimum Gasteiger partial charge on any atom is -0.309 e. The number of hydrogen-bond donors (Lipinski definition) is 0. The Morgan fingerprint density at radius 1 is 0.514 bits per heavy atom. The van der Waals surface area contributed by atoms with E-state index in [-0.39, 0.29) is 0 Å². The first-order valence-electron chi connectivity index (χ1n) is 12.1. The summed E-state index contributed by atoms with van der Waals surface area (Å²) in [6.45, 7) is 0. The molecule has 37 heavy (non-hydrogen) atoms. The standard InChI is InChI=1S/C33H20Br2N2/c34-25-10-14-31-29(19-25)30-20-26(35)11-15-32(30)37(31)27-12-8-21(9-13-27)23-5-3-6-24(18-23)33-28-7-2-1-4-22(28)16-17-36-33/h1-20H. The fraction of sp³-hybridized carbons (Fsp3) is 0. The number of benzene rings is 5. The van der Waals surface area contributed by atoms with Crippen LogP contribution in [0.1, 0.15) is 0 Å². The van der Waals surface area contributed by atoms with E-state index in [9.17, 15) is 0 Å². The number of halogens is 2. The third-order valence-corrected chi connectivity index (χ3v) is 7.94. The molecule has 0 radical (unpaired) electrons. The summed E-state index contributed by atoms with van der Waals surface area (Å²) < 4.78 is 4.49. The van der Waals surface area contributed by atoms with Gasteiger partial charge in [0, 0.05) is 42.6 Å². The van der Waals surface area contributed by atoms with Crippen LogP contribution in [0, 0.1) is 0 Å².